The van der Waals surface area contributed by atoms with E-state index < -0.39 is 132 Å². The molecule has 0 radical (unpaired) electrons. The average Bonchev–Trinajstić information content (AvgIpc) is 0.802. The van der Waals surface area contributed by atoms with Crippen LogP contribution in [0.5, 0.6) is 0 Å². The number of carbonyl (C=O) groups is 8. The number of aliphatic imine (C=N–C) groups is 4. The Labute approximate surface area is 809 Å². The van der Waals surface area contributed by atoms with Gasteiger partial charge in [-0.3, -0.25) is 29.6 Å². The summed E-state index contributed by atoms with van der Waals surface area (Å²) in [7, 11) is -26.2. The average molecular weight is 1820 g/mol. The molecule has 115 heavy (non-hydrogen) atoms. The van der Waals surface area contributed by atoms with Gasteiger partial charge in [0.25, 0.3) is 0 Å². The quantitative estimate of drug-likeness (QED) is 0.00628. The first-order valence-electron chi connectivity index (χ1n) is 31.0. The Morgan fingerprint density at radius 1 is 0.348 bits per heavy atom. The van der Waals surface area contributed by atoms with Crippen molar-refractivity contribution >= 4 is 139 Å². The van der Waals surface area contributed by atoms with Crippen molar-refractivity contribution in [2.24, 2.45) is 42.9 Å². The van der Waals surface area contributed by atoms with E-state index in [-0.39, 0.29) is 187 Å². The van der Waals surface area contributed by atoms with Gasteiger partial charge in [-0.15, -0.1) is 25.3 Å². The van der Waals surface area contributed by atoms with Gasteiger partial charge in [0.15, 0.2) is 23.4 Å². The Morgan fingerprint density at radius 2 is 0.583 bits per heavy atom. The molecule has 8 atom stereocenters. The number of aldehydes is 4. The molecule has 0 bridgehead atoms. The molecular formula is C61H100N8Na6O34S6. The predicted molar refractivity (Wildman–Crippen MR) is 393 cm³/mol. The van der Waals surface area contributed by atoms with E-state index in [4.69, 9.17) is 98.0 Å². The van der Waals surface area contributed by atoms with Crippen LogP contribution >= 0.6 is 0 Å². The number of nitrogens with two attached hydrogens (primary N) is 4. The number of aliphatic hydroxyl groups is 8. The van der Waals surface area contributed by atoms with E-state index in [1.165, 1.54) is 12.1 Å². The third-order valence-electron chi connectivity index (χ3n) is 11.6. The normalized spacial score (nSPS) is 12.2. The van der Waals surface area contributed by atoms with Crippen molar-refractivity contribution in [3.63, 3.8) is 0 Å². The first kappa shape index (κ1) is 148. The molecule has 0 saturated carbocycles. The van der Waals surface area contributed by atoms with E-state index in [9.17, 15) is 81.3 Å². The summed E-state index contributed by atoms with van der Waals surface area (Å²) in [5, 5.41) is 71.5. The topological polar surface area (TPSA) is 783 Å². The van der Waals surface area contributed by atoms with Gasteiger partial charge in [-0.25, -0.2) is 33.7 Å². The van der Waals surface area contributed by atoms with Crippen molar-refractivity contribution in [2.75, 3.05) is 26.2 Å². The van der Waals surface area contributed by atoms with Crippen molar-refractivity contribution in [1.29, 1.82) is 0 Å². The minimum Gasteiger partial charge on any atom is -1.00 e. The summed E-state index contributed by atoms with van der Waals surface area (Å²) < 4.78 is 175. The maximum Gasteiger partial charge on any atom is 1.00 e. The molecule has 3 rings (SSSR count). The molecule has 0 aromatic heterocycles. The molecule has 0 fully saturated rings. The standard InChI is InChI=1S/C18H30N4O2.C13H28N4O2.C8H10O8S2.C8H6O2.C5H12O8S2.C5H8O2.4CH2O.6Na.2O3S.2H/c19-17(23)9-3-5-11-21-13-15-7-1-2-8-16(15)14-22-12-6-4-10-18(20)24;14-12(18)6-4-10-16-8-2-1-3-9-17-11-5-7-13(15)19;9-7(17(11,12)13)5-3-1-2-4-6(5)8(10)18(14,15)16;9-5-7-3-1-2-4-8(7)6-10;6-4(14(8,9)10)2-1-3-5(7)15(11,12)13;6-4-2-1-3-5-7;4*1-2;;;;;;;2*1-4(2)3;;/h1-2,7-8,13-14,17-18,23-24H,3-6,9-12,19-20H2;8-9,12-13,18-19H,1-7,10-11,14-15H2;1-4,7-10H,(H,11,12,13)(H,14,15,16);1-6H;4-7H,1-3H2,(H,8,9,10)(H,11,12,13);4-5H,1-3H2;4*1H2;;;;;;;;;;/q;;;;;;;;;;6*+1;;;2*-1/p-4. The summed E-state index contributed by atoms with van der Waals surface area (Å²) in [6.07, 6.45) is 18.6. The van der Waals surface area contributed by atoms with E-state index in [0.717, 1.165) is 120 Å². The second-order valence-electron chi connectivity index (χ2n) is 20.0. The number of nitrogens with zero attached hydrogens (tertiary/aromatic N) is 4. The zero-order valence-corrected chi connectivity index (χ0v) is 81.9. The second kappa shape index (κ2) is 101. The molecule has 0 spiro atoms. The fourth-order valence-electron chi connectivity index (χ4n) is 6.67. The van der Waals surface area contributed by atoms with E-state index in [1.807, 2.05) is 76.3 Å². The third-order valence-corrected chi connectivity index (χ3v) is 15.0. The van der Waals surface area contributed by atoms with Crippen molar-refractivity contribution in [2.45, 2.75) is 169 Å². The van der Waals surface area contributed by atoms with Gasteiger partial charge in [-0.2, -0.15) is 0 Å². The van der Waals surface area contributed by atoms with Crippen LogP contribution in [0.4, 0.5) is 0 Å². The van der Waals surface area contributed by atoms with Crippen molar-refractivity contribution in [1.82, 2.24) is 0 Å². The van der Waals surface area contributed by atoms with Gasteiger partial charge in [-0.05, 0) is 122 Å². The molecule has 0 heterocycles. The van der Waals surface area contributed by atoms with Crippen LogP contribution in [0.3, 0.4) is 0 Å². The van der Waals surface area contributed by atoms with E-state index in [0.29, 0.717) is 68.6 Å². The van der Waals surface area contributed by atoms with E-state index in [2.05, 4.69) is 20.0 Å². The molecule has 0 saturated heterocycles. The summed E-state index contributed by atoms with van der Waals surface area (Å²) in [4.78, 5) is 88.9. The summed E-state index contributed by atoms with van der Waals surface area (Å²) in [6, 6.07) is 18.9. The molecule has 42 nitrogen and oxygen atoms in total. The van der Waals surface area contributed by atoms with E-state index in [1.54, 1.807) is 24.3 Å². The van der Waals surface area contributed by atoms with Crippen LogP contribution in [0.1, 0.15) is 179 Å². The van der Waals surface area contributed by atoms with Crippen molar-refractivity contribution < 1.29 is 337 Å². The molecule has 0 amide bonds. The summed E-state index contributed by atoms with van der Waals surface area (Å²) >= 11 is 0. The maximum absolute atomic E-state index is 10.6. The molecule has 16 N–H and O–H groups in total. The molecule has 8 unspecified atom stereocenters. The number of hydrogen-bond donors (Lipinski definition) is 12. The maximum atomic E-state index is 10.6. The van der Waals surface area contributed by atoms with Crippen LogP contribution in [0.2, 0.25) is 0 Å². The van der Waals surface area contributed by atoms with Crippen LogP contribution in [0, 0.1) is 0 Å². The number of rotatable bonds is 40. The molecule has 54 heteroatoms. The molecule has 0 aliphatic rings. The number of unbranched alkanes of at least 4 members (excludes halogenated alkanes) is 6. The third kappa shape index (κ3) is 110. The van der Waals surface area contributed by atoms with Gasteiger partial charge in [0.05, 0.1) is 0 Å². The Bertz CT molecular complexity index is 3460. The number of hydrogen-bond acceptors (Lipinski definition) is 42. The zero-order chi connectivity index (χ0) is 86.5. The number of aliphatic hydroxyl groups excluding tert-OH is 8. The van der Waals surface area contributed by atoms with Crippen LogP contribution in [-0.4, -0.2) is 257 Å². The van der Waals surface area contributed by atoms with Crippen LogP contribution < -0.4 is 200 Å². The Hall–Kier alpha value is -1.90. The Kier molecular flexibility index (Phi) is 130. The van der Waals surface area contributed by atoms with Gasteiger partial charge in [0.1, 0.15) is 116 Å². The van der Waals surface area contributed by atoms with Crippen LogP contribution in [-0.2, 0) is 90.5 Å². The van der Waals surface area contributed by atoms with Crippen LogP contribution in [0.15, 0.2) is 92.8 Å². The smallest absolute Gasteiger partial charge is 1.00 e. The second-order valence-corrected chi connectivity index (χ2v) is 26.8. The fourth-order valence-corrected chi connectivity index (χ4v) is 8.63. The Morgan fingerprint density at radius 3 is 0.817 bits per heavy atom. The molecule has 0 aliphatic carbocycles. The van der Waals surface area contributed by atoms with E-state index >= 15 is 0 Å². The predicted octanol–water partition coefficient (Wildman–Crippen LogP) is -20.2. The minimum atomic E-state index is -5.16. The van der Waals surface area contributed by atoms with Gasteiger partial charge < -0.3 is 114 Å². The van der Waals surface area contributed by atoms with Gasteiger partial charge >= 0.3 is 199 Å². The number of carbonyl (C=O) groups excluding carboxylic acids is 8. The molecular weight excluding hydrogens is 1720 g/mol. The summed E-state index contributed by atoms with van der Waals surface area (Å²) in [5.74, 6) is 0. The molecule has 0 aliphatic heterocycles. The van der Waals surface area contributed by atoms with Gasteiger partial charge in [0.2, 0.25) is 0 Å². The molecule has 3 aromatic carbocycles. The number of benzene rings is 3. The first-order chi connectivity index (χ1) is 51.1. The summed E-state index contributed by atoms with van der Waals surface area (Å²) in [6.45, 7) is 10.9. The van der Waals surface area contributed by atoms with Crippen molar-refractivity contribution in [3.05, 3.63) is 106 Å². The van der Waals surface area contributed by atoms with Crippen molar-refractivity contribution in [3.8, 4) is 0 Å². The summed E-state index contributed by atoms with van der Waals surface area (Å²) in [5.41, 5.74) is 13.2. The molecule has 630 valence electrons. The van der Waals surface area contributed by atoms with Gasteiger partial charge in [0, 0.05) is 84.8 Å². The largest absolute Gasteiger partial charge is 1.00 e. The molecule has 3 aromatic rings. The zero-order valence-electron chi connectivity index (χ0n) is 67.0. The fraction of sp³-hybridized carbons (Fsp3) is 0.508. The minimum absolute atomic E-state index is 0. The Balaban J connectivity index is -0.0000000664. The van der Waals surface area contributed by atoms with Gasteiger partial charge in [-0.1, -0.05) is 72.8 Å². The SMILES string of the molecule is C=O.C=O.C=O.C=O.NC(O)CCCCN=Cc1ccccc1C=NCCCCC(N)O.NC(O)CCCN=CCCCC=NCCCC(N)O.O=CCCCC=O.O=Cc1ccccc1C=O.O=S(=O)([O-])C(O)CCCC(O)S(=O)(=O)[O-].O=S(=O)([O-])C(O)c1ccccc1C(O)S(=O)(=O)[O-].O=S(=O)=O.O=S(=O)=O.[H-].[H-].[Na+].[Na+].[Na+].[Na+].[Na+].[Na+]. The first-order valence-corrected chi connectivity index (χ1v) is 38.9. The van der Waals surface area contributed by atoms with Crippen LogP contribution in [0.25, 0.3) is 0 Å². The monoisotopic (exact) mass is 1820 g/mol.